The summed E-state index contributed by atoms with van der Waals surface area (Å²) < 4.78 is 160. The van der Waals surface area contributed by atoms with E-state index in [1.807, 2.05) is 24.3 Å². The fourth-order valence-electron chi connectivity index (χ4n) is 10.9. The van der Waals surface area contributed by atoms with Crippen molar-refractivity contribution in [3.8, 4) is 44.5 Å². The second-order valence-electron chi connectivity index (χ2n) is 19.0. The molecule has 0 amide bonds. The average molecular weight is 1050 g/mol. The van der Waals surface area contributed by atoms with Crippen LogP contribution in [0.15, 0.2) is 194 Å². The topological polar surface area (TPSA) is 6.48 Å². The molecule has 0 aliphatic carbocycles. The van der Waals surface area contributed by atoms with E-state index in [0.717, 1.165) is 48.5 Å². The van der Waals surface area contributed by atoms with Gasteiger partial charge in [0.25, 0.3) is 0 Å². The minimum atomic E-state index is -0.958. The van der Waals surface area contributed by atoms with Crippen LogP contribution >= 0.6 is 0 Å². The normalized spacial score (nSPS) is 11.6. The molecule has 12 rings (SSSR count). The summed E-state index contributed by atoms with van der Waals surface area (Å²) >= 11 is 0. The lowest BCUT2D eigenvalue weighted by molar-refractivity contribution is 0.588. The van der Waals surface area contributed by atoms with Gasteiger partial charge in [-0.25, -0.2) is 43.9 Å². The van der Waals surface area contributed by atoms with Crippen LogP contribution in [0, 0.1) is 72.0 Å². The molecule has 0 unspecified atom stereocenters. The number of rotatable bonds is 10. The lowest BCUT2D eigenvalue weighted by atomic mass is 9.91. The molecule has 0 heterocycles. The lowest BCUT2D eigenvalue weighted by Gasteiger charge is -2.31. The Morgan fingerprint density at radius 1 is 0.269 bits per heavy atom. The number of nitrogens with zero attached hydrogens (tertiary/aromatic N) is 2. The van der Waals surface area contributed by atoms with E-state index in [-0.39, 0.29) is 45.0 Å². The zero-order valence-corrected chi connectivity index (χ0v) is 41.1. The third-order valence-electron chi connectivity index (χ3n) is 14.3. The molecule has 0 aromatic heterocycles. The molecule has 12 aromatic rings. The molecular formula is C66H38F10N2. The highest BCUT2D eigenvalue weighted by Crippen LogP contribution is 2.51. The molecule has 12 aromatic carbocycles. The van der Waals surface area contributed by atoms with E-state index in [1.165, 1.54) is 94.7 Å². The Morgan fingerprint density at radius 2 is 0.526 bits per heavy atom. The smallest absolute Gasteiger partial charge is 0.147 e. The van der Waals surface area contributed by atoms with Crippen molar-refractivity contribution in [2.24, 2.45) is 0 Å². The van der Waals surface area contributed by atoms with Gasteiger partial charge in [0.2, 0.25) is 0 Å². The number of hydrogen-bond donors (Lipinski definition) is 0. The first kappa shape index (κ1) is 49.5. The maximum Gasteiger partial charge on any atom is 0.147 e. The first-order valence-corrected chi connectivity index (χ1v) is 24.6. The molecule has 0 aliphatic rings. The summed E-state index contributed by atoms with van der Waals surface area (Å²) in [6.45, 7) is 3.35. The number of hydrogen-bond acceptors (Lipinski definition) is 2. The van der Waals surface area contributed by atoms with Crippen molar-refractivity contribution in [1.82, 2.24) is 0 Å². The van der Waals surface area contributed by atoms with Crippen LogP contribution in [-0.4, -0.2) is 0 Å². The van der Waals surface area contributed by atoms with Crippen molar-refractivity contribution < 1.29 is 43.9 Å². The molecule has 2 nitrogen and oxygen atoms in total. The molecule has 12 heteroatoms. The van der Waals surface area contributed by atoms with Gasteiger partial charge in [0, 0.05) is 22.1 Å². The molecule has 0 aliphatic heterocycles. The number of benzene rings is 12. The van der Waals surface area contributed by atoms with Crippen molar-refractivity contribution in [3.05, 3.63) is 263 Å². The van der Waals surface area contributed by atoms with Crippen molar-refractivity contribution in [1.29, 1.82) is 0 Å². The molecule has 0 saturated carbocycles. The Kier molecular flexibility index (Phi) is 12.2. The zero-order valence-electron chi connectivity index (χ0n) is 41.1. The maximum atomic E-state index is 16.9. The predicted octanol–water partition coefficient (Wildman–Crippen LogP) is 20.2. The van der Waals surface area contributed by atoms with Crippen molar-refractivity contribution in [3.63, 3.8) is 0 Å². The van der Waals surface area contributed by atoms with Crippen molar-refractivity contribution >= 4 is 66.4 Å². The van der Waals surface area contributed by atoms with Crippen LogP contribution in [0.25, 0.3) is 76.8 Å². The molecule has 0 atom stereocenters. The number of para-hydroxylation sites is 2. The monoisotopic (exact) mass is 1050 g/mol. The predicted molar refractivity (Wildman–Crippen MR) is 290 cm³/mol. The van der Waals surface area contributed by atoms with Gasteiger partial charge in [0.05, 0.1) is 45.0 Å². The van der Waals surface area contributed by atoms with E-state index in [9.17, 15) is 0 Å². The molecule has 0 N–H and O–H groups in total. The van der Waals surface area contributed by atoms with Gasteiger partial charge in [0.1, 0.15) is 58.2 Å². The van der Waals surface area contributed by atoms with Crippen LogP contribution in [0.4, 0.5) is 78.0 Å². The summed E-state index contributed by atoms with van der Waals surface area (Å²) in [5.41, 5.74) is -0.694. The highest BCUT2D eigenvalue weighted by molar-refractivity contribution is 6.28. The van der Waals surface area contributed by atoms with Gasteiger partial charge < -0.3 is 9.80 Å². The van der Waals surface area contributed by atoms with E-state index < -0.39 is 80.4 Å². The summed E-state index contributed by atoms with van der Waals surface area (Å²) in [7, 11) is 0. The average Bonchev–Trinajstić information content (AvgIpc) is 3.40. The van der Waals surface area contributed by atoms with Crippen molar-refractivity contribution in [2.75, 3.05) is 9.80 Å². The Hall–Kier alpha value is -9.42. The van der Waals surface area contributed by atoms with Crippen LogP contribution in [-0.2, 0) is 0 Å². The maximum absolute atomic E-state index is 16.9. The van der Waals surface area contributed by atoms with Crippen LogP contribution in [0.5, 0.6) is 0 Å². The Balaban J connectivity index is 1.16. The molecule has 78 heavy (non-hydrogen) atoms. The van der Waals surface area contributed by atoms with Gasteiger partial charge in [-0.3, -0.25) is 0 Å². The SMILES string of the molecule is Cc1cccc(F)c1N(c1cc(-c2c(F)cccc2F)cc(-c2c(F)cccc2F)c1)c1ccc2ccc3c(N(c4cc(-c5c(F)cccc5F)cc(-c5c(F)cccc5F)c4)c4c(C)cccc4F)ccc4ccc1c2c43. The van der Waals surface area contributed by atoms with E-state index in [4.69, 9.17) is 0 Å². The minimum absolute atomic E-state index is 0.00815. The first-order chi connectivity index (χ1) is 37.7. The standard InChI is InChI=1S/C66H38F10N2/c1-35-9-3-19-55(75)65(35)77(43-31-39(61-47(67)11-5-12-48(61)68)29-40(32-43)62-49(69)13-6-14-50(62)70)57-27-23-37-22-26-46-58(28-24-38-21-25-45(57)59(37)60(38)46)78(66-36(2)10-4-20-56(66)76)44-33-41(63-51(71)15-7-16-52(63)72)30-42(34-44)64-53(73)17-8-18-54(64)74/h3-34H,1-2H3. The van der Waals surface area contributed by atoms with Crippen LogP contribution in [0.2, 0.25) is 0 Å². The van der Waals surface area contributed by atoms with E-state index in [2.05, 4.69) is 0 Å². The first-order valence-electron chi connectivity index (χ1n) is 24.6. The fourth-order valence-corrected chi connectivity index (χ4v) is 10.9. The number of halogens is 10. The van der Waals surface area contributed by atoms with Gasteiger partial charge in [-0.15, -0.1) is 0 Å². The van der Waals surface area contributed by atoms with Crippen LogP contribution < -0.4 is 9.80 Å². The zero-order chi connectivity index (χ0) is 54.3. The number of anilines is 6. The quantitative estimate of drug-likeness (QED) is 0.0995. The Bertz CT molecular complexity index is 3860. The van der Waals surface area contributed by atoms with Gasteiger partial charge >= 0.3 is 0 Å². The van der Waals surface area contributed by atoms with Gasteiger partial charge in [0.15, 0.2) is 0 Å². The summed E-state index contributed by atoms with van der Waals surface area (Å²) in [4.78, 5) is 3.07. The van der Waals surface area contributed by atoms with Gasteiger partial charge in [-0.2, -0.15) is 0 Å². The third-order valence-corrected chi connectivity index (χ3v) is 14.3. The van der Waals surface area contributed by atoms with E-state index in [0.29, 0.717) is 54.8 Å². The summed E-state index contributed by atoms with van der Waals surface area (Å²) in [5, 5.41) is 3.62. The molecule has 0 radical (unpaired) electrons. The fraction of sp³-hybridized carbons (Fsp3) is 0.0303. The largest absolute Gasteiger partial charge is 0.307 e. The van der Waals surface area contributed by atoms with Gasteiger partial charge in [-0.05, 0) is 178 Å². The second-order valence-corrected chi connectivity index (χ2v) is 19.0. The lowest BCUT2D eigenvalue weighted by Crippen LogP contribution is -2.15. The van der Waals surface area contributed by atoms with Crippen molar-refractivity contribution in [2.45, 2.75) is 13.8 Å². The summed E-state index contributed by atoms with van der Waals surface area (Å²) in [5.74, 6) is -9.07. The van der Waals surface area contributed by atoms with E-state index in [1.54, 1.807) is 50.2 Å². The summed E-state index contributed by atoms with van der Waals surface area (Å²) in [6, 6.07) is 44.6. The molecule has 0 fully saturated rings. The van der Waals surface area contributed by atoms with Gasteiger partial charge in [-0.1, -0.05) is 84.9 Å². The number of aryl methyl sites for hydroxylation is 2. The van der Waals surface area contributed by atoms with Crippen LogP contribution in [0.1, 0.15) is 11.1 Å². The second kappa shape index (κ2) is 19.3. The highest BCUT2D eigenvalue weighted by Gasteiger charge is 2.29. The Morgan fingerprint density at radius 3 is 0.808 bits per heavy atom. The molecule has 0 saturated heterocycles. The van der Waals surface area contributed by atoms with E-state index >= 15 is 43.9 Å². The third kappa shape index (κ3) is 8.23. The summed E-state index contributed by atoms with van der Waals surface area (Å²) in [6.07, 6.45) is 0. The Labute approximate surface area is 440 Å². The minimum Gasteiger partial charge on any atom is -0.307 e. The molecule has 0 spiro atoms. The molecule has 382 valence electrons. The molecular weight excluding hydrogens is 1010 g/mol. The highest BCUT2D eigenvalue weighted by atomic mass is 19.2. The van der Waals surface area contributed by atoms with Crippen LogP contribution in [0.3, 0.4) is 0 Å². The molecule has 0 bridgehead atoms.